The second kappa shape index (κ2) is 6.69. The van der Waals surface area contributed by atoms with Crippen molar-refractivity contribution in [2.24, 2.45) is 0 Å². The first-order valence-electron chi connectivity index (χ1n) is 6.33. The van der Waals surface area contributed by atoms with Crippen LogP contribution in [0.25, 0.3) is 0 Å². The Kier molecular flexibility index (Phi) is 4.91. The van der Waals surface area contributed by atoms with Crippen molar-refractivity contribution in [3.8, 4) is 0 Å². The van der Waals surface area contributed by atoms with Crippen LogP contribution in [0.3, 0.4) is 0 Å². The number of nitrogens with zero attached hydrogens (tertiary/aromatic N) is 3. The van der Waals surface area contributed by atoms with Gasteiger partial charge in [0.1, 0.15) is 0 Å². The number of aliphatic hydroxyl groups excluding tert-OH is 1. The van der Waals surface area contributed by atoms with Crippen LogP contribution in [0.4, 0.5) is 0 Å². The summed E-state index contributed by atoms with van der Waals surface area (Å²) >= 11 is 0. The predicted octanol–water partition coefficient (Wildman–Crippen LogP) is 0.582. The molecule has 1 fully saturated rings. The molecule has 0 saturated carbocycles. The zero-order chi connectivity index (χ0) is 11.9. The quantitative estimate of drug-likeness (QED) is 0.810. The average Bonchev–Trinajstić information content (AvgIpc) is 2.39. The Morgan fingerprint density at radius 1 is 1.06 bits per heavy atom. The van der Waals surface area contributed by atoms with Gasteiger partial charge < -0.3 is 10.0 Å². The van der Waals surface area contributed by atoms with E-state index in [1.807, 2.05) is 12.4 Å². The molecular formula is C13H21N3O. The topological polar surface area (TPSA) is 39.6 Å². The lowest BCUT2D eigenvalue weighted by Gasteiger charge is -2.34. The predicted molar refractivity (Wildman–Crippen MR) is 67.7 cm³/mol. The summed E-state index contributed by atoms with van der Waals surface area (Å²) in [4.78, 5) is 8.94. The summed E-state index contributed by atoms with van der Waals surface area (Å²) in [6.45, 7) is 6.82. The number of piperazine rings is 1. The zero-order valence-electron chi connectivity index (χ0n) is 10.3. The third-order valence-electron chi connectivity index (χ3n) is 3.25. The van der Waals surface area contributed by atoms with E-state index in [1.165, 1.54) is 5.56 Å². The summed E-state index contributed by atoms with van der Waals surface area (Å²) in [5.41, 5.74) is 1.34. The Balaban J connectivity index is 1.72. The Morgan fingerprint density at radius 2 is 1.71 bits per heavy atom. The molecule has 0 spiro atoms. The molecule has 1 saturated heterocycles. The summed E-state index contributed by atoms with van der Waals surface area (Å²) in [5.74, 6) is 0. The van der Waals surface area contributed by atoms with Gasteiger partial charge in [-0.2, -0.15) is 0 Å². The number of rotatable bonds is 5. The minimum atomic E-state index is 0.303. The van der Waals surface area contributed by atoms with Crippen LogP contribution >= 0.6 is 0 Å². The largest absolute Gasteiger partial charge is 0.396 e. The fourth-order valence-corrected chi connectivity index (χ4v) is 2.21. The van der Waals surface area contributed by atoms with E-state index in [2.05, 4.69) is 26.9 Å². The summed E-state index contributed by atoms with van der Waals surface area (Å²) in [6, 6.07) is 4.16. The van der Waals surface area contributed by atoms with Gasteiger partial charge in [-0.15, -0.1) is 0 Å². The van der Waals surface area contributed by atoms with Gasteiger partial charge in [-0.25, -0.2) is 0 Å². The van der Waals surface area contributed by atoms with Crippen molar-refractivity contribution >= 4 is 0 Å². The maximum absolute atomic E-state index is 8.80. The van der Waals surface area contributed by atoms with Crippen LogP contribution in [0.5, 0.6) is 0 Å². The molecule has 1 aliphatic rings. The van der Waals surface area contributed by atoms with Crippen LogP contribution in [-0.2, 0) is 6.54 Å². The standard InChI is InChI=1S/C13H21N3O/c17-11-1-6-15-7-9-16(10-8-15)12-13-2-4-14-5-3-13/h2-5,17H,1,6-12H2. The van der Waals surface area contributed by atoms with E-state index >= 15 is 0 Å². The van der Waals surface area contributed by atoms with Crippen molar-refractivity contribution in [1.82, 2.24) is 14.8 Å². The fraction of sp³-hybridized carbons (Fsp3) is 0.615. The lowest BCUT2D eigenvalue weighted by atomic mass is 10.2. The van der Waals surface area contributed by atoms with Gasteiger partial charge in [0.25, 0.3) is 0 Å². The fourth-order valence-electron chi connectivity index (χ4n) is 2.21. The van der Waals surface area contributed by atoms with E-state index in [1.54, 1.807) is 0 Å². The zero-order valence-corrected chi connectivity index (χ0v) is 10.3. The minimum absolute atomic E-state index is 0.303. The Bertz CT molecular complexity index is 310. The molecule has 0 bridgehead atoms. The number of aliphatic hydroxyl groups is 1. The molecule has 2 rings (SSSR count). The maximum atomic E-state index is 8.80. The van der Waals surface area contributed by atoms with Gasteiger partial charge in [-0.05, 0) is 24.1 Å². The normalized spacial score (nSPS) is 18.4. The van der Waals surface area contributed by atoms with Gasteiger partial charge in [-0.1, -0.05) is 0 Å². The van der Waals surface area contributed by atoms with Gasteiger partial charge in [0.05, 0.1) is 0 Å². The van der Waals surface area contributed by atoms with E-state index in [4.69, 9.17) is 5.11 Å². The van der Waals surface area contributed by atoms with Crippen molar-refractivity contribution in [2.45, 2.75) is 13.0 Å². The van der Waals surface area contributed by atoms with Crippen molar-refractivity contribution in [1.29, 1.82) is 0 Å². The molecule has 4 heteroatoms. The Labute approximate surface area is 103 Å². The highest BCUT2D eigenvalue weighted by atomic mass is 16.3. The van der Waals surface area contributed by atoms with Gasteiger partial charge in [-0.3, -0.25) is 9.88 Å². The van der Waals surface area contributed by atoms with E-state index < -0.39 is 0 Å². The van der Waals surface area contributed by atoms with Crippen molar-refractivity contribution in [2.75, 3.05) is 39.3 Å². The molecule has 0 aromatic carbocycles. The first-order chi connectivity index (χ1) is 8.38. The highest BCUT2D eigenvalue weighted by Gasteiger charge is 2.16. The highest BCUT2D eigenvalue weighted by Crippen LogP contribution is 2.07. The molecule has 0 radical (unpaired) electrons. The molecule has 1 aromatic rings. The summed E-state index contributed by atoms with van der Waals surface area (Å²) < 4.78 is 0. The van der Waals surface area contributed by atoms with Gasteiger partial charge in [0.2, 0.25) is 0 Å². The smallest absolute Gasteiger partial charge is 0.0443 e. The number of pyridine rings is 1. The molecule has 0 unspecified atom stereocenters. The van der Waals surface area contributed by atoms with Crippen LogP contribution in [0.15, 0.2) is 24.5 Å². The van der Waals surface area contributed by atoms with E-state index in [0.717, 1.165) is 45.7 Å². The third kappa shape index (κ3) is 4.07. The van der Waals surface area contributed by atoms with Crippen molar-refractivity contribution < 1.29 is 5.11 Å². The van der Waals surface area contributed by atoms with Crippen LogP contribution in [0, 0.1) is 0 Å². The van der Waals surface area contributed by atoms with Crippen LogP contribution in [-0.4, -0.2) is 59.2 Å². The molecule has 0 atom stereocenters. The first-order valence-corrected chi connectivity index (χ1v) is 6.33. The molecule has 0 aliphatic carbocycles. The second-order valence-electron chi connectivity index (χ2n) is 4.55. The maximum Gasteiger partial charge on any atom is 0.0443 e. The molecule has 1 aromatic heterocycles. The monoisotopic (exact) mass is 235 g/mol. The van der Waals surface area contributed by atoms with Crippen LogP contribution < -0.4 is 0 Å². The van der Waals surface area contributed by atoms with E-state index in [9.17, 15) is 0 Å². The van der Waals surface area contributed by atoms with Crippen LogP contribution in [0.2, 0.25) is 0 Å². The highest BCUT2D eigenvalue weighted by molar-refractivity contribution is 5.09. The molecular weight excluding hydrogens is 214 g/mol. The van der Waals surface area contributed by atoms with Gasteiger partial charge in [0, 0.05) is 58.3 Å². The van der Waals surface area contributed by atoms with Gasteiger partial charge >= 0.3 is 0 Å². The summed E-state index contributed by atoms with van der Waals surface area (Å²) in [6.07, 6.45) is 4.60. The number of hydrogen-bond donors (Lipinski definition) is 1. The molecule has 1 N–H and O–H groups in total. The molecule has 1 aliphatic heterocycles. The number of aromatic nitrogens is 1. The minimum Gasteiger partial charge on any atom is -0.396 e. The van der Waals surface area contributed by atoms with E-state index in [-0.39, 0.29) is 0 Å². The lowest BCUT2D eigenvalue weighted by Crippen LogP contribution is -2.46. The lowest BCUT2D eigenvalue weighted by molar-refractivity contribution is 0.120. The second-order valence-corrected chi connectivity index (χ2v) is 4.55. The van der Waals surface area contributed by atoms with Crippen molar-refractivity contribution in [3.63, 3.8) is 0 Å². The molecule has 17 heavy (non-hydrogen) atoms. The number of hydrogen-bond acceptors (Lipinski definition) is 4. The van der Waals surface area contributed by atoms with Gasteiger partial charge in [0.15, 0.2) is 0 Å². The average molecular weight is 235 g/mol. The Morgan fingerprint density at radius 3 is 2.35 bits per heavy atom. The third-order valence-corrected chi connectivity index (χ3v) is 3.25. The van der Waals surface area contributed by atoms with Crippen LogP contribution in [0.1, 0.15) is 12.0 Å². The molecule has 94 valence electrons. The van der Waals surface area contributed by atoms with E-state index in [0.29, 0.717) is 6.61 Å². The first kappa shape index (κ1) is 12.5. The SMILES string of the molecule is OCCCN1CCN(Cc2ccncc2)CC1. The Hall–Kier alpha value is -0.970. The van der Waals surface area contributed by atoms with Crippen molar-refractivity contribution in [3.05, 3.63) is 30.1 Å². The summed E-state index contributed by atoms with van der Waals surface area (Å²) in [7, 11) is 0. The molecule has 4 nitrogen and oxygen atoms in total. The molecule has 0 amide bonds. The molecule has 2 heterocycles. The summed E-state index contributed by atoms with van der Waals surface area (Å²) in [5, 5.41) is 8.80.